The maximum Gasteiger partial charge on any atom is 0.0337 e. The van der Waals surface area contributed by atoms with Crippen LogP contribution in [-0.2, 0) is 0 Å². The van der Waals surface area contributed by atoms with Crippen molar-refractivity contribution in [3.05, 3.63) is 0 Å². The Hall–Kier alpha value is -0.0800. The highest BCUT2D eigenvalue weighted by Gasteiger charge is 2.48. The van der Waals surface area contributed by atoms with Crippen LogP contribution in [-0.4, -0.2) is 29.6 Å². The molecule has 1 heterocycles. The summed E-state index contributed by atoms with van der Waals surface area (Å²) in [5.41, 5.74) is 6.81. The van der Waals surface area contributed by atoms with Gasteiger partial charge >= 0.3 is 0 Å². The number of hydrogen-bond acceptors (Lipinski definition) is 2. The van der Waals surface area contributed by atoms with Crippen molar-refractivity contribution >= 4 is 0 Å². The molecule has 0 amide bonds. The van der Waals surface area contributed by atoms with Crippen LogP contribution in [0.25, 0.3) is 0 Å². The first kappa shape index (κ1) is 14.5. The van der Waals surface area contributed by atoms with Crippen LogP contribution in [0.2, 0.25) is 0 Å². The summed E-state index contributed by atoms with van der Waals surface area (Å²) in [7, 11) is 0. The van der Waals surface area contributed by atoms with Gasteiger partial charge in [0.05, 0.1) is 0 Å². The Kier molecular flexibility index (Phi) is 4.04. The Morgan fingerprint density at radius 2 is 1.57 bits per heavy atom. The smallest absolute Gasteiger partial charge is 0.0337 e. The van der Waals surface area contributed by atoms with Crippen LogP contribution in [0.3, 0.4) is 0 Å². The fourth-order valence-corrected chi connectivity index (χ4v) is 6.13. The van der Waals surface area contributed by atoms with Crippen molar-refractivity contribution in [1.82, 2.24) is 4.90 Å². The molecule has 1 aliphatic heterocycles. The van der Waals surface area contributed by atoms with Crippen LogP contribution in [0, 0.1) is 17.8 Å². The molecule has 2 unspecified atom stereocenters. The average Bonchev–Trinajstić information content (AvgIpc) is 3.39. The zero-order valence-corrected chi connectivity index (χ0v) is 13.7. The predicted octanol–water partition coefficient (Wildman–Crippen LogP) is 3.94. The van der Waals surface area contributed by atoms with Gasteiger partial charge in [-0.2, -0.15) is 0 Å². The highest BCUT2D eigenvalue weighted by molar-refractivity contribution is 5.04. The van der Waals surface area contributed by atoms with E-state index in [0.29, 0.717) is 5.54 Å². The predicted molar refractivity (Wildman–Crippen MR) is 88.2 cm³/mol. The number of likely N-dealkylation sites (tertiary alicyclic amines) is 1. The molecule has 0 aromatic rings. The molecule has 4 aliphatic rings. The number of nitrogens with two attached hydrogens (primary N) is 1. The molecule has 2 N–H and O–H groups in total. The van der Waals surface area contributed by atoms with Crippen molar-refractivity contribution in [3.8, 4) is 0 Å². The zero-order chi connectivity index (χ0) is 14.3. The molecular formula is C19H34N2. The molecule has 120 valence electrons. The van der Waals surface area contributed by atoms with E-state index in [2.05, 4.69) is 4.90 Å². The van der Waals surface area contributed by atoms with E-state index in [1.54, 1.807) is 0 Å². The summed E-state index contributed by atoms with van der Waals surface area (Å²) in [6, 6.07) is 0.883. The van der Waals surface area contributed by atoms with Crippen LogP contribution in [0.4, 0.5) is 0 Å². The van der Waals surface area contributed by atoms with Gasteiger partial charge in [0.25, 0.3) is 0 Å². The molecule has 0 radical (unpaired) electrons. The number of fused-ring (bicyclic) bond motifs is 1. The van der Waals surface area contributed by atoms with Crippen molar-refractivity contribution in [3.63, 3.8) is 0 Å². The number of rotatable bonds is 3. The molecule has 0 aromatic carbocycles. The molecule has 21 heavy (non-hydrogen) atoms. The Bertz CT molecular complexity index is 363. The molecular weight excluding hydrogens is 256 g/mol. The van der Waals surface area contributed by atoms with Crippen LogP contribution < -0.4 is 5.73 Å². The number of hydrogen-bond donors (Lipinski definition) is 1. The van der Waals surface area contributed by atoms with Crippen molar-refractivity contribution < 1.29 is 0 Å². The van der Waals surface area contributed by atoms with Gasteiger partial charge in [-0.1, -0.05) is 25.7 Å². The molecule has 1 saturated heterocycles. The minimum absolute atomic E-state index is 0.381. The van der Waals surface area contributed by atoms with Crippen molar-refractivity contribution in [1.29, 1.82) is 0 Å². The highest BCUT2D eigenvalue weighted by Crippen LogP contribution is 2.50. The Morgan fingerprint density at radius 1 is 0.810 bits per heavy atom. The minimum Gasteiger partial charge on any atom is -0.329 e. The molecule has 3 aliphatic carbocycles. The Morgan fingerprint density at radius 3 is 2.38 bits per heavy atom. The van der Waals surface area contributed by atoms with E-state index in [1.165, 1.54) is 83.6 Å². The molecule has 2 heteroatoms. The second kappa shape index (κ2) is 5.85. The Balaban J connectivity index is 1.55. The van der Waals surface area contributed by atoms with Gasteiger partial charge in [-0.25, -0.2) is 0 Å². The third-order valence-corrected chi connectivity index (χ3v) is 7.38. The highest BCUT2D eigenvalue weighted by atomic mass is 15.2. The second-order valence-electron chi connectivity index (χ2n) is 8.57. The van der Waals surface area contributed by atoms with E-state index in [-0.39, 0.29) is 0 Å². The largest absolute Gasteiger partial charge is 0.329 e. The lowest BCUT2D eigenvalue weighted by Crippen LogP contribution is -2.63. The molecule has 4 atom stereocenters. The third kappa shape index (κ3) is 2.67. The molecule has 0 aromatic heterocycles. The van der Waals surface area contributed by atoms with Crippen LogP contribution in [0.1, 0.15) is 77.0 Å². The minimum atomic E-state index is 0.381. The van der Waals surface area contributed by atoms with Gasteiger partial charge in [0.1, 0.15) is 0 Å². The molecule has 0 bridgehead atoms. The Labute approximate surface area is 130 Å². The van der Waals surface area contributed by atoms with Crippen LogP contribution >= 0.6 is 0 Å². The SMILES string of the molecule is NCC1(N2CCC[C@H]3CCCC[C@H]32)CCCC(C2CC2)C1. The van der Waals surface area contributed by atoms with Gasteiger partial charge in [-0.15, -0.1) is 0 Å². The average molecular weight is 290 g/mol. The lowest BCUT2D eigenvalue weighted by Gasteiger charge is -2.56. The van der Waals surface area contributed by atoms with Crippen molar-refractivity contribution in [2.75, 3.05) is 13.1 Å². The first-order chi connectivity index (χ1) is 10.3. The third-order valence-electron chi connectivity index (χ3n) is 7.38. The first-order valence-corrected chi connectivity index (χ1v) is 9.79. The maximum atomic E-state index is 6.43. The lowest BCUT2D eigenvalue weighted by molar-refractivity contribution is -0.0546. The van der Waals surface area contributed by atoms with E-state index in [9.17, 15) is 0 Å². The molecule has 3 saturated carbocycles. The van der Waals surface area contributed by atoms with E-state index in [1.807, 2.05) is 0 Å². The van der Waals surface area contributed by atoms with E-state index in [4.69, 9.17) is 5.73 Å². The van der Waals surface area contributed by atoms with E-state index < -0.39 is 0 Å². The molecule has 4 fully saturated rings. The monoisotopic (exact) mass is 290 g/mol. The first-order valence-electron chi connectivity index (χ1n) is 9.79. The molecule has 2 nitrogen and oxygen atoms in total. The molecule has 0 spiro atoms. The lowest BCUT2D eigenvalue weighted by atomic mass is 9.69. The van der Waals surface area contributed by atoms with Gasteiger partial charge in [-0.05, 0) is 75.7 Å². The molecule has 4 rings (SSSR count). The van der Waals surface area contributed by atoms with Gasteiger partial charge in [0.2, 0.25) is 0 Å². The van der Waals surface area contributed by atoms with Crippen molar-refractivity contribution in [2.24, 2.45) is 23.5 Å². The fraction of sp³-hybridized carbons (Fsp3) is 1.00. The quantitative estimate of drug-likeness (QED) is 0.853. The van der Waals surface area contributed by atoms with Gasteiger partial charge in [-0.3, -0.25) is 4.90 Å². The maximum absolute atomic E-state index is 6.43. The fourth-order valence-electron chi connectivity index (χ4n) is 6.13. The topological polar surface area (TPSA) is 29.3 Å². The van der Waals surface area contributed by atoms with E-state index in [0.717, 1.165) is 30.3 Å². The van der Waals surface area contributed by atoms with Crippen molar-refractivity contribution in [2.45, 2.75) is 88.6 Å². The van der Waals surface area contributed by atoms with E-state index >= 15 is 0 Å². The second-order valence-corrected chi connectivity index (χ2v) is 8.57. The number of nitrogens with zero attached hydrogens (tertiary/aromatic N) is 1. The van der Waals surface area contributed by atoms with Gasteiger partial charge < -0.3 is 5.73 Å². The summed E-state index contributed by atoms with van der Waals surface area (Å²) < 4.78 is 0. The van der Waals surface area contributed by atoms with Gasteiger partial charge in [0, 0.05) is 18.1 Å². The normalized spacial score (nSPS) is 45.3. The summed E-state index contributed by atoms with van der Waals surface area (Å²) in [5, 5.41) is 0. The summed E-state index contributed by atoms with van der Waals surface area (Å²) in [5.74, 6) is 3.08. The van der Waals surface area contributed by atoms with Crippen LogP contribution in [0.15, 0.2) is 0 Å². The zero-order valence-electron chi connectivity index (χ0n) is 13.7. The standard InChI is InChI=1S/C19H34N2/c20-14-19(11-3-6-17(13-19)15-9-10-15)21-12-4-7-16-5-1-2-8-18(16)21/h15-18H,1-14,20H2/t16-,17?,18-,19?/m1/s1. The summed E-state index contributed by atoms with van der Waals surface area (Å²) in [6.07, 6.45) is 17.6. The van der Waals surface area contributed by atoms with Crippen LogP contribution in [0.5, 0.6) is 0 Å². The van der Waals surface area contributed by atoms with Gasteiger partial charge in [0.15, 0.2) is 0 Å². The summed E-state index contributed by atoms with van der Waals surface area (Å²) in [6.45, 7) is 2.26. The summed E-state index contributed by atoms with van der Waals surface area (Å²) in [4.78, 5) is 2.97. The summed E-state index contributed by atoms with van der Waals surface area (Å²) >= 11 is 0. The number of piperidine rings is 1.